The first kappa shape index (κ1) is 28.4. The summed E-state index contributed by atoms with van der Waals surface area (Å²) in [5.74, 6) is 0.621. The number of aromatic hydroxyl groups is 1. The van der Waals surface area contributed by atoms with E-state index in [0.29, 0.717) is 33.7 Å². The summed E-state index contributed by atoms with van der Waals surface area (Å²) < 4.78 is 50.3. The molecule has 0 aliphatic rings. The van der Waals surface area contributed by atoms with Gasteiger partial charge < -0.3 is 5.11 Å². The third-order valence-corrected chi connectivity index (χ3v) is 10.3. The summed E-state index contributed by atoms with van der Waals surface area (Å²) in [5.41, 5.74) is 13.6. The molecule has 0 amide bonds. The third-order valence-electron chi connectivity index (χ3n) is 10.3. The third kappa shape index (κ3) is 6.46. The Bertz CT molecular complexity index is 3120. The SMILES string of the molecule is [2H]C([2H])([2H])c1ccc(-c2ccnc(-c3cc(-c4ccccc4)cc(-c4cccc5c4nc(-c4cc(C)cc(C)c4O)n5-c4ccc(C([2H])([2H])[2H])cc4-c4ccccc4)c3)c2)cc1. The maximum absolute atomic E-state index is 11.7. The van der Waals surface area contributed by atoms with Gasteiger partial charge in [0.2, 0.25) is 0 Å². The van der Waals surface area contributed by atoms with Gasteiger partial charge in [-0.3, -0.25) is 9.55 Å². The minimum atomic E-state index is -2.33. The van der Waals surface area contributed by atoms with E-state index in [1.807, 2.05) is 128 Å². The molecule has 7 aromatic carbocycles. The highest BCUT2D eigenvalue weighted by Crippen LogP contribution is 2.42. The highest BCUT2D eigenvalue weighted by molar-refractivity contribution is 5.98. The molecule has 1 N–H and O–H groups in total. The predicted octanol–water partition coefficient (Wildman–Crippen LogP) is 13.4. The molecular formula is C52H41N3O. The van der Waals surface area contributed by atoms with E-state index >= 15 is 0 Å². The lowest BCUT2D eigenvalue weighted by atomic mass is 9.93. The van der Waals surface area contributed by atoms with Crippen LogP contribution in [0.5, 0.6) is 5.75 Å². The fourth-order valence-electron chi connectivity index (χ4n) is 7.63. The van der Waals surface area contributed by atoms with E-state index in [4.69, 9.17) is 18.2 Å². The van der Waals surface area contributed by atoms with E-state index in [1.54, 1.807) is 30.5 Å². The Morgan fingerprint density at radius 2 is 1.18 bits per heavy atom. The summed E-state index contributed by atoms with van der Waals surface area (Å²) in [5, 5.41) is 11.7. The van der Waals surface area contributed by atoms with E-state index < -0.39 is 13.7 Å². The molecule has 4 nitrogen and oxygen atoms in total. The van der Waals surface area contributed by atoms with Crippen LogP contribution in [0.2, 0.25) is 0 Å². The zero-order chi connectivity index (χ0) is 43.3. The molecule has 0 radical (unpaired) electrons. The second-order valence-electron chi connectivity index (χ2n) is 14.2. The van der Waals surface area contributed by atoms with Crippen LogP contribution in [0.1, 0.15) is 30.5 Å². The number of para-hydroxylation sites is 1. The van der Waals surface area contributed by atoms with Crippen molar-refractivity contribution in [1.29, 1.82) is 0 Å². The molecule has 2 aromatic heterocycles. The monoisotopic (exact) mass is 729 g/mol. The van der Waals surface area contributed by atoms with Crippen molar-refractivity contribution in [2.75, 3.05) is 0 Å². The summed E-state index contributed by atoms with van der Waals surface area (Å²) in [6.45, 7) is -0.665. The van der Waals surface area contributed by atoms with Crippen molar-refractivity contribution in [1.82, 2.24) is 14.5 Å². The largest absolute Gasteiger partial charge is 0.507 e. The van der Waals surface area contributed by atoms with Gasteiger partial charge in [0, 0.05) is 31.1 Å². The second-order valence-corrected chi connectivity index (χ2v) is 14.2. The molecule has 0 saturated heterocycles. The first-order chi connectivity index (χ1) is 29.7. The standard InChI is InChI=1S/C52H41N3O/c1-33-18-21-38(22-19-33)40-24-25-53-47(32-40)43-30-41(37-12-7-5-8-13-37)29-42(31-43)44-16-11-17-49-50(44)54-52(46-28-35(3)26-36(4)51(46)56)55(49)48-23-20-34(2)27-45(48)39-14-9-6-10-15-39/h5-32,56H,1-4H3/i1D3,2D3. The minimum absolute atomic E-state index is 0.112. The number of phenols is 1. The van der Waals surface area contributed by atoms with Crippen LogP contribution in [-0.2, 0) is 0 Å². The summed E-state index contributed by atoms with van der Waals surface area (Å²) in [7, 11) is 0. The molecule has 4 heteroatoms. The fraction of sp³-hybridized carbons (Fsp3) is 0.0769. The molecule has 9 rings (SSSR count). The molecule has 0 aliphatic carbocycles. The smallest absolute Gasteiger partial charge is 0.149 e. The van der Waals surface area contributed by atoms with Crippen molar-refractivity contribution >= 4 is 11.0 Å². The zero-order valence-electron chi connectivity index (χ0n) is 37.0. The number of hydrogen-bond acceptors (Lipinski definition) is 3. The molecule has 9 aromatic rings. The zero-order valence-corrected chi connectivity index (χ0v) is 31.0. The maximum atomic E-state index is 11.7. The van der Waals surface area contributed by atoms with Gasteiger partial charge in [0.25, 0.3) is 0 Å². The van der Waals surface area contributed by atoms with E-state index in [-0.39, 0.29) is 16.9 Å². The number of benzene rings is 7. The number of aryl methyl sites for hydroxylation is 4. The minimum Gasteiger partial charge on any atom is -0.507 e. The quantitative estimate of drug-likeness (QED) is 0.178. The molecule has 0 saturated carbocycles. The molecule has 2 heterocycles. The summed E-state index contributed by atoms with van der Waals surface area (Å²) in [6, 6.07) is 52.3. The van der Waals surface area contributed by atoms with Crippen LogP contribution in [-0.4, -0.2) is 19.6 Å². The summed E-state index contributed by atoms with van der Waals surface area (Å²) >= 11 is 0. The number of aromatic nitrogens is 3. The highest BCUT2D eigenvalue weighted by atomic mass is 16.3. The molecular weight excluding hydrogens is 683 g/mol. The molecule has 56 heavy (non-hydrogen) atoms. The Balaban J connectivity index is 1.29. The number of hydrogen-bond donors (Lipinski definition) is 1. The topological polar surface area (TPSA) is 50.9 Å². The van der Waals surface area contributed by atoms with Crippen molar-refractivity contribution in [3.05, 3.63) is 192 Å². The van der Waals surface area contributed by atoms with E-state index in [9.17, 15) is 5.11 Å². The molecule has 0 atom stereocenters. The van der Waals surface area contributed by atoms with Crippen LogP contribution in [0.4, 0.5) is 0 Å². The number of fused-ring (bicyclic) bond motifs is 1. The highest BCUT2D eigenvalue weighted by Gasteiger charge is 2.23. The summed E-state index contributed by atoms with van der Waals surface area (Å²) in [6.07, 6.45) is 1.77. The average Bonchev–Trinajstić information content (AvgIpc) is 3.67. The van der Waals surface area contributed by atoms with Gasteiger partial charge in [0.15, 0.2) is 0 Å². The molecule has 0 bridgehead atoms. The van der Waals surface area contributed by atoms with Gasteiger partial charge in [-0.1, -0.05) is 120 Å². The number of imidazole rings is 1. The van der Waals surface area contributed by atoms with Crippen LogP contribution in [0.15, 0.2) is 170 Å². The lowest BCUT2D eigenvalue weighted by Crippen LogP contribution is -2.01. The molecule has 0 spiro atoms. The Morgan fingerprint density at radius 3 is 1.95 bits per heavy atom. The summed E-state index contributed by atoms with van der Waals surface area (Å²) in [4.78, 5) is 10.2. The van der Waals surface area contributed by atoms with Crippen molar-refractivity contribution in [3.8, 4) is 78.6 Å². The maximum Gasteiger partial charge on any atom is 0.149 e. The van der Waals surface area contributed by atoms with Crippen molar-refractivity contribution in [3.63, 3.8) is 0 Å². The second kappa shape index (κ2) is 14.3. The van der Waals surface area contributed by atoms with E-state index in [1.165, 1.54) is 0 Å². The van der Waals surface area contributed by atoms with Crippen molar-refractivity contribution in [2.24, 2.45) is 0 Å². The molecule has 270 valence electrons. The Labute approximate surface area is 336 Å². The number of phenolic OH excluding ortho intramolecular Hbond substituents is 1. The Hall–Kier alpha value is -7.04. The van der Waals surface area contributed by atoms with E-state index in [2.05, 4.69) is 30.3 Å². The van der Waals surface area contributed by atoms with Crippen LogP contribution >= 0.6 is 0 Å². The molecule has 0 fully saturated rings. The Morgan fingerprint density at radius 1 is 0.500 bits per heavy atom. The van der Waals surface area contributed by atoms with E-state index in [0.717, 1.165) is 61.3 Å². The van der Waals surface area contributed by atoms with Gasteiger partial charge >= 0.3 is 0 Å². The van der Waals surface area contributed by atoms with Gasteiger partial charge in [0.05, 0.1) is 28.0 Å². The van der Waals surface area contributed by atoms with Gasteiger partial charge in [-0.2, -0.15) is 0 Å². The van der Waals surface area contributed by atoms with Crippen LogP contribution in [0.3, 0.4) is 0 Å². The van der Waals surface area contributed by atoms with Crippen molar-refractivity contribution < 1.29 is 13.3 Å². The van der Waals surface area contributed by atoms with Crippen LogP contribution < -0.4 is 0 Å². The molecule has 0 unspecified atom stereocenters. The first-order valence-electron chi connectivity index (χ1n) is 21.5. The number of pyridine rings is 1. The van der Waals surface area contributed by atoms with Gasteiger partial charge in [-0.25, -0.2) is 4.98 Å². The number of rotatable bonds is 7. The van der Waals surface area contributed by atoms with Gasteiger partial charge in [-0.05, 0) is 127 Å². The molecule has 0 aliphatic heterocycles. The number of nitrogens with zero attached hydrogens (tertiary/aromatic N) is 3. The Kier molecular flexibility index (Phi) is 7.26. The van der Waals surface area contributed by atoms with Crippen LogP contribution in [0, 0.1) is 27.6 Å². The normalized spacial score (nSPS) is 13.3. The fourth-order valence-corrected chi connectivity index (χ4v) is 7.63. The van der Waals surface area contributed by atoms with Crippen LogP contribution in [0.25, 0.3) is 83.9 Å². The predicted molar refractivity (Wildman–Crippen MR) is 232 cm³/mol. The lowest BCUT2D eigenvalue weighted by Gasteiger charge is -2.17. The van der Waals surface area contributed by atoms with Gasteiger partial charge in [0.1, 0.15) is 11.6 Å². The first-order valence-corrected chi connectivity index (χ1v) is 18.5. The average molecular weight is 730 g/mol. The lowest BCUT2D eigenvalue weighted by molar-refractivity contribution is 0.472. The van der Waals surface area contributed by atoms with Gasteiger partial charge in [-0.15, -0.1) is 0 Å². The van der Waals surface area contributed by atoms with Crippen molar-refractivity contribution in [2.45, 2.75) is 27.6 Å².